The van der Waals surface area contributed by atoms with Crippen molar-refractivity contribution in [3.8, 4) is 5.75 Å². The first-order chi connectivity index (χ1) is 13.0. The molecule has 2 saturated heterocycles. The van der Waals surface area contributed by atoms with E-state index in [1.807, 2.05) is 0 Å². The van der Waals surface area contributed by atoms with Crippen LogP contribution in [-0.2, 0) is 4.79 Å². The van der Waals surface area contributed by atoms with Crippen LogP contribution in [0.5, 0.6) is 5.75 Å². The molecule has 2 aliphatic rings. The minimum Gasteiger partial charge on any atom is -0.434 e. The first-order valence-corrected chi connectivity index (χ1v) is 8.98. The Labute approximate surface area is 155 Å². The van der Waals surface area contributed by atoms with Gasteiger partial charge in [0.25, 0.3) is 5.91 Å². The number of nitrogens with zero attached hydrogens (tertiary/aromatic N) is 1. The highest BCUT2D eigenvalue weighted by molar-refractivity contribution is 6.00. The number of likely N-dealkylation sites (tertiary alicyclic amines) is 1. The van der Waals surface area contributed by atoms with Crippen molar-refractivity contribution in [2.24, 2.45) is 5.92 Å². The van der Waals surface area contributed by atoms with Crippen LogP contribution < -0.4 is 15.4 Å². The second kappa shape index (κ2) is 8.62. The van der Waals surface area contributed by atoms with Crippen molar-refractivity contribution in [3.05, 3.63) is 29.8 Å². The second-order valence-electron chi connectivity index (χ2n) is 6.76. The predicted molar refractivity (Wildman–Crippen MR) is 92.5 cm³/mol. The molecule has 1 aromatic carbocycles. The van der Waals surface area contributed by atoms with Crippen LogP contribution in [0.2, 0.25) is 0 Å². The summed E-state index contributed by atoms with van der Waals surface area (Å²) in [5.74, 6) is -1.08. The zero-order valence-electron chi connectivity index (χ0n) is 14.7. The number of hydrogen-bond acceptors (Lipinski definition) is 5. The second-order valence-corrected chi connectivity index (χ2v) is 6.76. The SMILES string of the molecule is O=C(NCC1CNCC1O)C1CCCN1C(=O)c1ccccc1OC(F)F. The van der Waals surface area contributed by atoms with Gasteiger partial charge >= 0.3 is 6.61 Å². The molecule has 0 bridgehead atoms. The van der Waals surface area contributed by atoms with Crippen molar-refractivity contribution in [3.63, 3.8) is 0 Å². The highest BCUT2D eigenvalue weighted by Gasteiger charge is 2.36. The van der Waals surface area contributed by atoms with Gasteiger partial charge < -0.3 is 25.4 Å². The lowest BCUT2D eigenvalue weighted by atomic mass is 10.1. The molecule has 1 aromatic rings. The van der Waals surface area contributed by atoms with Crippen molar-refractivity contribution in [1.29, 1.82) is 0 Å². The third kappa shape index (κ3) is 4.54. The largest absolute Gasteiger partial charge is 0.434 e. The molecule has 3 N–H and O–H groups in total. The molecular formula is C18H23F2N3O4. The standard InChI is InChI=1S/C18H23F2N3O4/c19-18(20)27-15-6-2-1-4-12(15)17(26)23-7-3-5-13(23)16(25)22-9-11-8-21-10-14(11)24/h1-2,4,6,11,13-14,18,21,24H,3,5,7-10H2,(H,22,25). The van der Waals surface area contributed by atoms with Gasteiger partial charge in [-0.15, -0.1) is 0 Å². The molecule has 3 rings (SSSR count). The van der Waals surface area contributed by atoms with Crippen LogP contribution in [-0.4, -0.2) is 66.8 Å². The van der Waals surface area contributed by atoms with E-state index in [2.05, 4.69) is 15.4 Å². The highest BCUT2D eigenvalue weighted by Crippen LogP contribution is 2.26. The predicted octanol–water partition coefficient (Wildman–Crippen LogP) is 0.589. The molecule has 0 aliphatic carbocycles. The van der Waals surface area contributed by atoms with Crippen molar-refractivity contribution < 1.29 is 28.2 Å². The highest BCUT2D eigenvalue weighted by atomic mass is 19.3. The Kier molecular flexibility index (Phi) is 6.22. The van der Waals surface area contributed by atoms with Gasteiger partial charge in [-0.2, -0.15) is 8.78 Å². The zero-order chi connectivity index (χ0) is 19.4. The fraction of sp³-hybridized carbons (Fsp3) is 0.556. The van der Waals surface area contributed by atoms with E-state index in [4.69, 9.17) is 0 Å². The van der Waals surface area contributed by atoms with E-state index in [0.29, 0.717) is 39.0 Å². The van der Waals surface area contributed by atoms with E-state index in [-0.39, 0.29) is 23.1 Å². The van der Waals surface area contributed by atoms with Gasteiger partial charge in [0.15, 0.2) is 0 Å². The minimum absolute atomic E-state index is 0.00733. The van der Waals surface area contributed by atoms with Gasteiger partial charge in [0.05, 0.1) is 11.7 Å². The molecule has 0 radical (unpaired) electrons. The summed E-state index contributed by atoms with van der Waals surface area (Å²) in [6, 6.07) is 5.12. The molecule has 2 aliphatic heterocycles. The Hall–Kier alpha value is -2.26. The van der Waals surface area contributed by atoms with Crippen LogP contribution in [0.1, 0.15) is 23.2 Å². The Balaban J connectivity index is 1.67. The number of aliphatic hydroxyl groups excluding tert-OH is 1. The van der Waals surface area contributed by atoms with Crippen LogP contribution in [0.25, 0.3) is 0 Å². The Bertz CT molecular complexity index is 688. The zero-order valence-corrected chi connectivity index (χ0v) is 14.7. The van der Waals surface area contributed by atoms with E-state index in [9.17, 15) is 23.5 Å². The molecule has 3 unspecified atom stereocenters. The van der Waals surface area contributed by atoms with Crippen molar-refractivity contribution in [2.75, 3.05) is 26.2 Å². The fourth-order valence-electron chi connectivity index (χ4n) is 3.56. The molecule has 0 saturated carbocycles. The van der Waals surface area contributed by atoms with E-state index in [1.165, 1.54) is 23.1 Å². The molecule has 0 aromatic heterocycles. The topological polar surface area (TPSA) is 90.9 Å². The van der Waals surface area contributed by atoms with Crippen LogP contribution in [0, 0.1) is 5.92 Å². The van der Waals surface area contributed by atoms with Gasteiger partial charge in [0.1, 0.15) is 11.8 Å². The summed E-state index contributed by atoms with van der Waals surface area (Å²) in [6.45, 7) is -1.24. The summed E-state index contributed by atoms with van der Waals surface area (Å²) in [5.41, 5.74) is 0.00733. The lowest BCUT2D eigenvalue weighted by molar-refractivity contribution is -0.125. The molecule has 148 valence electrons. The average molecular weight is 383 g/mol. The number of benzene rings is 1. The molecule has 3 atom stereocenters. The maximum Gasteiger partial charge on any atom is 0.387 e. The van der Waals surface area contributed by atoms with Crippen molar-refractivity contribution in [1.82, 2.24) is 15.5 Å². The Morgan fingerprint density at radius 2 is 2.11 bits per heavy atom. The normalized spacial score (nSPS) is 25.0. The monoisotopic (exact) mass is 383 g/mol. The lowest BCUT2D eigenvalue weighted by Gasteiger charge is -2.25. The molecule has 0 spiro atoms. The molecule has 27 heavy (non-hydrogen) atoms. The number of halogens is 2. The first-order valence-electron chi connectivity index (χ1n) is 8.98. The number of carbonyl (C=O) groups excluding carboxylic acids is 2. The summed E-state index contributed by atoms with van der Waals surface area (Å²) >= 11 is 0. The minimum atomic E-state index is -3.04. The summed E-state index contributed by atoms with van der Waals surface area (Å²) in [4.78, 5) is 26.8. The number of ether oxygens (including phenoxy) is 1. The number of nitrogens with one attached hydrogen (secondary N) is 2. The number of carbonyl (C=O) groups is 2. The van der Waals surface area contributed by atoms with E-state index in [0.717, 1.165) is 0 Å². The number of para-hydroxylation sites is 1. The number of aliphatic hydroxyl groups is 1. The first kappa shape index (κ1) is 19.5. The molecule has 2 amide bonds. The van der Waals surface area contributed by atoms with Gasteiger partial charge in [0.2, 0.25) is 5.91 Å². The van der Waals surface area contributed by atoms with Crippen LogP contribution in [0.4, 0.5) is 8.78 Å². The number of rotatable bonds is 6. The summed E-state index contributed by atoms with van der Waals surface area (Å²) in [6.07, 6.45) is 0.640. The molecule has 7 nitrogen and oxygen atoms in total. The third-order valence-electron chi connectivity index (χ3n) is 4.99. The summed E-state index contributed by atoms with van der Waals surface area (Å²) in [7, 11) is 0. The molecular weight excluding hydrogens is 360 g/mol. The number of amides is 2. The smallest absolute Gasteiger partial charge is 0.387 e. The van der Waals surface area contributed by atoms with Crippen LogP contribution in [0.3, 0.4) is 0 Å². The maximum absolute atomic E-state index is 12.8. The molecule has 2 fully saturated rings. The van der Waals surface area contributed by atoms with Crippen molar-refractivity contribution >= 4 is 11.8 Å². The average Bonchev–Trinajstić information content (AvgIpc) is 3.28. The number of hydrogen-bond donors (Lipinski definition) is 3. The van der Waals surface area contributed by atoms with E-state index in [1.54, 1.807) is 6.07 Å². The van der Waals surface area contributed by atoms with Gasteiger partial charge in [-0.3, -0.25) is 9.59 Å². The Morgan fingerprint density at radius 3 is 2.81 bits per heavy atom. The number of alkyl halides is 2. The fourth-order valence-corrected chi connectivity index (χ4v) is 3.56. The maximum atomic E-state index is 12.8. The van der Waals surface area contributed by atoms with Crippen LogP contribution >= 0.6 is 0 Å². The van der Waals surface area contributed by atoms with Gasteiger partial charge in [0, 0.05) is 32.1 Å². The summed E-state index contributed by atoms with van der Waals surface area (Å²) < 4.78 is 29.6. The van der Waals surface area contributed by atoms with E-state index < -0.39 is 24.7 Å². The quantitative estimate of drug-likeness (QED) is 0.669. The van der Waals surface area contributed by atoms with Crippen molar-refractivity contribution in [2.45, 2.75) is 31.6 Å². The number of β-amino-alcohol motifs (C(OH)–C–C–N with tert-alkyl or cyclic N) is 1. The third-order valence-corrected chi connectivity index (χ3v) is 4.99. The molecule has 2 heterocycles. The summed E-state index contributed by atoms with van der Waals surface area (Å²) in [5, 5.41) is 15.6. The molecule has 9 heteroatoms. The van der Waals surface area contributed by atoms with Gasteiger partial charge in [-0.1, -0.05) is 12.1 Å². The Morgan fingerprint density at radius 1 is 1.33 bits per heavy atom. The van der Waals surface area contributed by atoms with Gasteiger partial charge in [-0.25, -0.2) is 0 Å². The lowest BCUT2D eigenvalue weighted by Crippen LogP contribution is -2.47. The van der Waals surface area contributed by atoms with E-state index >= 15 is 0 Å². The van der Waals surface area contributed by atoms with Gasteiger partial charge in [-0.05, 0) is 25.0 Å². The van der Waals surface area contributed by atoms with Crippen LogP contribution in [0.15, 0.2) is 24.3 Å².